The van der Waals surface area contributed by atoms with Gasteiger partial charge in [-0.15, -0.1) is 12.4 Å². The van der Waals surface area contributed by atoms with Gasteiger partial charge in [-0.3, -0.25) is 9.59 Å². The van der Waals surface area contributed by atoms with Gasteiger partial charge in [0.1, 0.15) is 0 Å². The fourth-order valence-corrected chi connectivity index (χ4v) is 2.34. The molecular formula is C15H22ClN3O3. The lowest BCUT2D eigenvalue weighted by molar-refractivity contribution is -0.141. The Hall–Kier alpha value is -1.63. The number of carbonyl (C=O) groups is 2. The highest BCUT2D eigenvalue weighted by atomic mass is 35.5. The predicted octanol–water partition coefficient (Wildman–Crippen LogP) is 1.01. The van der Waals surface area contributed by atoms with Crippen molar-refractivity contribution >= 4 is 29.9 Å². The lowest BCUT2D eigenvalue weighted by Gasteiger charge is -2.35. The van der Waals surface area contributed by atoms with Crippen LogP contribution in [0, 0.1) is 0 Å². The van der Waals surface area contributed by atoms with Crippen molar-refractivity contribution in [2.24, 2.45) is 5.73 Å². The summed E-state index contributed by atoms with van der Waals surface area (Å²) in [6.07, 6.45) is 0.965. The van der Waals surface area contributed by atoms with Crippen LogP contribution in [-0.2, 0) is 14.3 Å². The van der Waals surface area contributed by atoms with Gasteiger partial charge in [0.15, 0.2) is 0 Å². The van der Waals surface area contributed by atoms with Gasteiger partial charge in [-0.1, -0.05) is 18.2 Å². The Labute approximate surface area is 136 Å². The van der Waals surface area contributed by atoms with Crippen LogP contribution >= 0.6 is 12.4 Å². The van der Waals surface area contributed by atoms with Gasteiger partial charge in [0, 0.05) is 25.9 Å². The molecule has 0 atom stereocenters. The van der Waals surface area contributed by atoms with E-state index in [2.05, 4.69) is 5.32 Å². The second-order valence-corrected chi connectivity index (χ2v) is 5.34. The van der Waals surface area contributed by atoms with E-state index in [0.717, 1.165) is 0 Å². The number of hydrogen-bond acceptors (Lipinski definition) is 4. The summed E-state index contributed by atoms with van der Waals surface area (Å²) in [7, 11) is 1.59. The fraction of sp³-hybridized carbons (Fsp3) is 0.467. The summed E-state index contributed by atoms with van der Waals surface area (Å²) in [5.41, 5.74) is 5.92. The summed E-state index contributed by atoms with van der Waals surface area (Å²) in [6, 6.07) is 9.13. The Balaban J connectivity index is 0.00000242. The van der Waals surface area contributed by atoms with Crippen LogP contribution < -0.4 is 11.1 Å². The first-order valence-corrected chi connectivity index (χ1v) is 6.98. The van der Waals surface area contributed by atoms with Crippen molar-refractivity contribution in [3.05, 3.63) is 30.3 Å². The summed E-state index contributed by atoms with van der Waals surface area (Å²) < 4.78 is 5.22. The zero-order valence-corrected chi connectivity index (χ0v) is 13.4. The molecule has 0 spiro atoms. The number of hydrogen-bond donors (Lipinski definition) is 2. The van der Waals surface area contributed by atoms with Gasteiger partial charge >= 0.3 is 0 Å². The molecule has 0 radical (unpaired) electrons. The number of halogens is 1. The number of likely N-dealkylation sites (N-methyl/N-ethyl adjacent to an activating group) is 1. The molecule has 1 fully saturated rings. The molecule has 0 aliphatic carbocycles. The Kier molecular flexibility index (Phi) is 6.80. The zero-order chi connectivity index (χ0) is 15.3. The van der Waals surface area contributed by atoms with Crippen LogP contribution in [0.3, 0.4) is 0 Å². The second kappa shape index (κ2) is 8.12. The predicted molar refractivity (Wildman–Crippen MR) is 86.9 cm³/mol. The van der Waals surface area contributed by atoms with E-state index >= 15 is 0 Å². The van der Waals surface area contributed by atoms with Crippen LogP contribution in [0.4, 0.5) is 5.69 Å². The minimum Gasteiger partial charge on any atom is -0.381 e. The molecule has 7 heteroatoms. The van der Waals surface area contributed by atoms with E-state index in [4.69, 9.17) is 10.5 Å². The number of nitrogens with zero attached hydrogens (tertiary/aromatic N) is 1. The molecule has 1 aromatic carbocycles. The number of carbonyl (C=O) groups excluding carboxylic acids is 2. The van der Waals surface area contributed by atoms with Crippen LogP contribution in [0.25, 0.3) is 0 Å². The average molecular weight is 328 g/mol. The maximum Gasteiger partial charge on any atom is 0.243 e. The van der Waals surface area contributed by atoms with Gasteiger partial charge in [-0.2, -0.15) is 0 Å². The smallest absolute Gasteiger partial charge is 0.243 e. The van der Waals surface area contributed by atoms with Gasteiger partial charge in [-0.05, 0) is 25.0 Å². The summed E-state index contributed by atoms with van der Waals surface area (Å²) in [4.78, 5) is 25.7. The van der Waals surface area contributed by atoms with Gasteiger partial charge in [0.2, 0.25) is 11.8 Å². The topological polar surface area (TPSA) is 84.7 Å². The van der Waals surface area contributed by atoms with Crippen LogP contribution in [0.15, 0.2) is 30.3 Å². The molecule has 122 valence electrons. The van der Waals surface area contributed by atoms with Crippen molar-refractivity contribution in [3.8, 4) is 0 Å². The van der Waals surface area contributed by atoms with E-state index in [1.807, 2.05) is 18.2 Å². The van der Waals surface area contributed by atoms with Gasteiger partial charge in [0.25, 0.3) is 0 Å². The van der Waals surface area contributed by atoms with E-state index in [9.17, 15) is 9.59 Å². The number of para-hydroxylation sites is 1. The highest BCUT2D eigenvalue weighted by molar-refractivity contribution is 5.96. The average Bonchev–Trinajstić information content (AvgIpc) is 2.48. The molecule has 3 N–H and O–H groups in total. The molecule has 0 unspecified atom stereocenters. The summed E-state index contributed by atoms with van der Waals surface area (Å²) in [5.74, 6) is -0.457. The largest absolute Gasteiger partial charge is 0.381 e. The van der Waals surface area contributed by atoms with E-state index in [-0.39, 0.29) is 30.8 Å². The van der Waals surface area contributed by atoms with Gasteiger partial charge in [0.05, 0.1) is 12.1 Å². The summed E-state index contributed by atoms with van der Waals surface area (Å²) in [5, 5.41) is 2.74. The molecule has 6 nitrogen and oxygen atoms in total. The van der Waals surface area contributed by atoms with E-state index in [0.29, 0.717) is 31.7 Å². The molecule has 0 saturated carbocycles. The molecule has 0 bridgehead atoms. The Morgan fingerprint density at radius 2 is 1.86 bits per heavy atom. The Bertz CT molecular complexity index is 504. The molecule has 2 amide bonds. The summed E-state index contributed by atoms with van der Waals surface area (Å²) in [6.45, 7) is 0.937. The third-order valence-corrected chi connectivity index (χ3v) is 3.60. The third kappa shape index (κ3) is 4.69. The van der Waals surface area contributed by atoms with E-state index in [1.54, 1.807) is 19.2 Å². The van der Waals surface area contributed by atoms with E-state index in [1.165, 1.54) is 4.90 Å². The number of amides is 2. The van der Waals surface area contributed by atoms with Crippen molar-refractivity contribution in [3.63, 3.8) is 0 Å². The van der Waals surface area contributed by atoms with Crippen LogP contribution in [0.2, 0.25) is 0 Å². The number of nitrogens with two attached hydrogens (primary N) is 1. The zero-order valence-electron chi connectivity index (χ0n) is 12.6. The summed E-state index contributed by atoms with van der Waals surface area (Å²) >= 11 is 0. The molecule has 2 rings (SSSR count). The molecule has 1 aliphatic rings. The SMILES string of the molecule is CN(CC(=O)Nc1ccccc1)C(=O)C1(N)CCOCC1.Cl. The van der Waals surface area contributed by atoms with Crippen molar-refractivity contribution in [2.75, 3.05) is 32.1 Å². The highest BCUT2D eigenvalue weighted by Gasteiger charge is 2.38. The normalized spacial score (nSPS) is 16.3. The number of nitrogens with one attached hydrogen (secondary N) is 1. The molecule has 1 aromatic rings. The minimum absolute atomic E-state index is 0. The van der Waals surface area contributed by atoms with Crippen molar-refractivity contribution in [1.82, 2.24) is 4.90 Å². The minimum atomic E-state index is -0.917. The van der Waals surface area contributed by atoms with Crippen LogP contribution in [0.5, 0.6) is 0 Å². The lowest BCUT2D eigenvalue weighted by atomic mass is 9.90. The molecule has 22 heavy (non-hydrogen) atoms. The van der Waals surface area contributed by atoms with Gasteiger partial charge in [-0.25, -0.2) is 0 Å². The number of rotatable bonds is 4. The quantitative estimate of drug-likeness (QED) is 0.864. The maximum atomic E-state index is 12.4. The highest BCUT2D eigenvalue weighted by Crippen LogP contribution is 2.20. The van der Waals surface area contributed by atoms with Crippen LogP contribution in [-0.4, -0.2) is 49.1 Å². The first-order chi connectivity index (χ1) is 10.0. The number of anilines is 1. The molecular weight excluding hydrogens is 306 g/mol. The monoisotopic (exact) mass is 327 g/mol. The van der Waals surface area contributed by atoms with E-state index < -0.39 is 5.54 Å². The maximum absolute atomic E-state index is 12.4. The number of benzene rings is 1. The Morgan fingerprint density at radius 1 is 1.27 bits per heavy atom. The molecule has 1 heterocycles. The lowest BCUT2D eigenvalue weighted by Crippen LogP contribution is -2.58. The molecule has 1 aliphatic heterocycles. The fourth-order valence-electron chi connectivity index (χ4n) is 2.34. The molecule has 1 saturated heterocycles. The first kappa shape index (κ1) is 18.4. The van der Waals surface area contributed by atoms with Gasteiger partial charge < -0.3 is 20.7 Å². The second-order valence-electron chi connectivity index (χ2n) is 5.34. The van der Waals surface area contributed by atoms with Crippen molar-refractivity contribution in [2.45, 2.75) is 18.4 Å². The number of ether oxygens (including phenoxy) is 1. The van der Waals surface area contributed by atoms with Crippen LogP contribution in [0.1, 0.15) is 12.8 Å². The van der Waals surface area contributed by atoms with Crippen molar-refractivity contribution < 1.29 is 14.3 Å². The standard InChI is InChI=1S/C15H21N3O3.ClH/c1-18(14(20)15(16)7-9-21-10-8-15)11-13(19)17-12-5-3-2-4-6-12;/h2-6H,7-11,16H2,1H3,(H,17,19);1H. The van der Waals surface area contributed by atoms with Crippen molar-refractivity contribution in [1.29, 1.82) is 0 Å². The molecule has 0 aromatic heterocycles. The first-order valence-electron chi connectivity index (χ1n) is 6.98. The Morgan fingerprint density at radius 3 is 2.45 bits per heavy atom. The third-order valence-electron chi connectivity index (χ3n) is 3.60.